The van der Waals surface area contributed by atoms with Gasteiger partial charge in [0.15, 0.2) is 5.75 Å². The Bertz CT molecular complexity index is 1070. The summed E-state index contributed by atoms with van der Waals surface area (Å²) >= 11 is 10.1. The lowest BCUT2D eigenvalue weighted by Gasteiger charge is -2.13. The number of methoxy groups -OCH3 is 1. The Morgan fingerprint density at radius 2 is 1.76 bits per heavy atom. The molecule has 0 radical (unpaired) electrons. The maximum absolute atomic E-state index is 12.7. The first-order chi connectivity index (χ1) is 11.8. The fourth-order valence-electron chi connectivity index (χ4n) is 2.18. The summed E-state index contributed by atoms with van der Waals surface area (Å²) in [5.41, 5.74) is 0.427. The molecule has 0 saturated carbocycles. The van der Waals surface area contributed by atoms with Crippen LogP contribution in [0.15, 0.2) is 60.9 Å². The fourth-order valence-corrected chi connectivity index (χ4v) is 5.02. The lowest BCUT2D eigenvalue weighted by Crippen LogP contribution is -2.11. The lowest BCUT2D eigenvalue weighted by atomic mass is 10.2. The Kier molecular flexibility index (Phi) is 5.38. The van der Waals surface area contributed by atoms with Crippen LogP contribution in [0.5, 0.6) is 11.5 Å². The minimum atomic E-state index is -4.08. The number of pyridine rings is 1. The van der Waals surface area contributed by atoms with Crippen LogP contribution in [-0.2, 0) is 10.1 Å². The molecule has 0 aliphatic carbocycles. The van der Waals surface area contributed by atoms with Gasteiger partial charge in [-0.05, 0) is 56.1 Å². The smallest absolute Gasteiger partial charge is 0.339 e. The van der Waals surface area contributed by atoms with E-state index in [9.17, 15) is 8.42 Å². The molecule has 130 valence electrons. The van der Waals surface area contributed by atoms with E-state index in [0.29, 0.717) is 20.2 Å². The van der Waals surface area contributed by atoms with Crippen molar-refractivity contribution in [2.75, 3.05) is 7.11 Å². The lowest BCUT2D eigenvalue weighted by molar-refractivity contribution is 0.410. The molecule has 9 heteroatoms. The number of hydrogen-bond donors (Lipinski definition) is 0. The number of rotatable bonds is 4. The van der Waals surface area contributed by atoms with Gasteiger partial charge in [0.2, 0.25) is 0 Å². The number of ether oxygens (including phenoxy) is 1. The molecule has 2 aromatic carbocycles. The maximum atomic E-state index is 12.7. The van der Waals surface area contributed by atoms with Crippen molar-refractivity contribution >= 4 is 68.8 Å². The highest BCUT2D eigenvalue weighted by atomic mass is 79.9. The highest BCUT2D eigenvalue weighted by Gasteiger charge is 2.22. The van der Waals surface area contributed by atoms with Crippen molar-refractivity contribution < 1.29 is 17.3 Å². The largest absolute Gasteiger partial charge is 0.496 e. The molecule has 0 fully saturated rings. The first kappa shape index (κ1) is 18.6. The van der Waals surface area contributed by atoms with Crippen molar-refractivity contribution in [1.82, 2.24) is 4.98 Å². The van der Waals surface area contributed by atoms with Gasteiger partial charge in [-0.25, -0.2) is 0 Å². The first-order valence-corrected chi connectivity index (χ1v) is 10.6. The molecule has 1 heterocycles. The molecule has 0 aliphatic rings. The molecule has 0 atom stereocenters. The van der Waals surface area contributed by atoms with Gasteiger partial charge in [0, 0.05) is 22.1 Å². The van der Waals surface area contributed by atoms with Crippen LogP contribution < -0.4 is 8.92 Å². The van der Waals surface area contributed by atoms with E-state index in [-0.39, 0.29) is 10.6 Å². The van der Waals surface area contributed by atoms with E-state index in [1.54, 1.807) is 24.4 Å². The van der Waals surface area contributed by atoms with Gasteiger partial charge in [0.1, 0.15) is 16.2 Å². The second-order valence-electron chi connectivity index (χ2n) is 4.90. The van der Waals surface area contributed by atoms with Gasteiger partial charge >= 0.3 is 10.1 Å². The third-order valence-corrected chi connectivity index (χ3v) is 6.47. The average molecular weight is 552 g/mol. The molecule has 0 N–H and O–H groups in total. The van der Waals surface area contributed by atoms with Gasteiger partial charge in [0.25, 0.3) is 0 Å². The summed E-state index contributed by atoms with van der Waals surface area (Å²) in [5, 5.41) is 0.740. The molecule has 0 saturated heterocycles. The van der Waals surface area contributed by atoms with Crippen LogP contribution in [0.1, 0.15) is 0 Å². The normalized spacial score (nSPS) is 11.5. The molecule has 1 aromatic heterocycles. The van der Waals surface area contributed by atoms with Gasteiger partial charge in [-0.3, -0.25) is 4.98 Å². The molecule has 0 spiro atoms. The van der Waals surface area contributed by atoms with Crippen molar-refractivity contribution in [3.05, 3.63) is 56.0 Å². The van der Waals surface area contributed by atoms with E-state index < -0.39 is 10.1 Å². The average Bonchev–Trinajstić information content (AvgIpc) is 2.59. The number of halogens is 3. The van der Waals surface area contributed by atoms with E-state index in [2.05, 4.69) is 52.8 Å². The maximum Gasteiger partial charge on any atom is 0.339 e. The Morgan fingerprint density at radius 3 is 2.48 bits per heavy atom. The molecule has 0 bridgehead atoms. The number of aromatic nitrogens is 1. The number of hydrogen-bond acceptors (Lipinski definition) is 5. The molecule has 0 aliphatic heterocycles. The van der Waals surface area contributed by atoms with Crippen LogP contribution in [0.3, 0.4) is 0 Å². The zero-order valence-electron chi connectivity index (χ0n) is 12.7. The fraction of sp³-hybridized carbons (Fsp3) is 0.0625. The van der Waals surface area contributed by atoms with Gasteiger partial charge in [-0.2, -0.15) is 8.42 Å². The predicted molar refractivity (Wildman–Crippen MR) is 106 cm³/mol. The van der Waals surface area contributed by atoms with E-state index >= 15 is 0 Å². The molecule has 3 aromatic rings. The van der Waals surface area contributed by atoms with Crippen molar-refractivity contribution in [2.24, 2.45) is 0 Å². The van der Waals surface area contributed by atoms with E-state index in [1.807, 2.05) is 6.07 Å². The third-order valence-electron chi connectivity index (χ3n) is 3.35. The summed E-state index contributed by atoms with van der Waals surface area (Å²) in [6.07, 6.45) is 1.57. The summed E-state index contributed by atoms with van der Waals surface area (Å²) < 4.78 is 37.9. The van der Waals surface area contributed by atoms with Crippen LogP contribution >= 0.6 is 47.8 Å². The predicted octanol–water partition coefficient (Wildman–Crippen LogP) is 5.30. The van der Waals surface area contributed by atoms with Crippen molar-refractivity contribution in [1.29, 1.82) is 0 Å². The van der Waals surface area contributed by atoms with Crippen LogP contribution in [-0.4, -0.2) is 20.5 Å². The molecule has 0 amide bonds. The van der Waals surface area contributed by atoms with Crippen LogP contribution in [0.2, 0.25) is 0 Å². The Morgan fingerprint density at radius 1 is 1.00 bits per heavy atom. The zero-order chi connectivity index (χ0) is 18.2. The highest BCUT2D eigenvalue weighted by Crippen LogP contribution is 2.39. The second-order valence-corrected chi connectivity index (χ2v) is 9.01. The summed E-state index contributed by atoms with van der Waals surface area (Å²) in [6.45, 7) is 0. The van der Waals surface area contributed by atoms with Crippen LogP contribution in [0.4, 0.5) is 0 Å². The summed E-state index contributed by atoms with van der Waals surface area (Å²) in [6, 6.07) is 9.71. The third kappa shape index (κ3) is 3.69. The summed E-state index contributed by atoms with van der Waals surface area (Å²) in [4.78, 5) is 4.23. The van der Waals surface area contributed by atoms with E-state index in [0.717, 1.165) is 9.86 Å². The number of benzene rings is 2. The van der Waals surface area contributed by atoms with Crippen molar-refractivity contribution in [3.8, 4) is 11.5 Å². The minimum Gasteiger partial charge on any atom is -0.496 e. The minimum absolute atomic E-state index is 0.0218. The first-order valence-electron chi connectivity index (χ1n) is 6.84. The Labute approximate surface area is 169 Å². The Balaban J connectivity index is 2.12. The molecular weight excluding hydrogens is 542 g/mol. The van der Waals surface area contributed by atoms with E-state index in [4.69, 9.17) is 8.92 Å². The molecule has 0 unspecified atom stereocenters. The van der Waals surface area contributed by atoms with E-state index in [1.165, 1.54) is 19.2 Å². The molecule has 3 rings (SSSR count). The topological polar surface area (TPSA) is 65.5 Å². The SMILES string of the molecule is COc1cc(S(=O)(=O)Oc2c(Br)cc(Br)c3cccnc23)ccc1Br. The second kappa shape index (κ2) is 7.22. The standard InChI is InChI=1S/C16H10Br3NO4S/c1-23-14-7-9(4-5-11(14)17)25(21,22)24-16-13(19)8-12(18)10-3-2-6-20-15(10)16/h2-8H,1H3. The zero-order valence-corrected chi connectivity index (χ0v) is 18.2. The van der Waals surface area contributed by atoms with Crippen LogP contribution in [0.25, 0.3) is 10.9 Å². The summed E-state index contributed by atoms with van der Waals surface area (Å²) in [7, 11) is -2.62. The Hall–Kier alpha value is -1.16. The van der Waals surface area contributed by atoms with Gasteiger partial charge < -0.3 is 8.92 Å². The molecule has 25 heavy (non-hydrogen) atoms. The quantitative estimate of drug-likeness (QED) is 0.412. The van der Waals surface area contributed by atoms with Crippen molar-refractivity contribution in [2.45, 2.75) is 4.90 Å². The number of nitrogens with zero attached hydrogens (tertiary/aromatic N) is 1. The molecular formula is C16H10Br3NO4S. The summed E-state index contributed by atoms with van der Waals surface area (Å²) in [5.74, 6) is 0.517. The van der Waals surface area contributed by atoms with Gasteiger partial charge in [-0.1, -0.05) is 22.0 Å². The van der Waals surface area contributed by atoms with Crippen LogP contribution in [0, 0.1) is 0 Å². The monoisotopic (exact) mass is 549 g/mol. The molecule has 5 nitrogen and oxygen atoms in total. The van der Waals surface area contributed by atoms with Crippen molar-refractivity contribution in [3.63, 3.8) is 0 Å². The van der Waals surface area contributed by atoms with Gasteiger partial charge in [0.05, 0.1) is 16.1 Å². The highest BCUT2D eigenvalue weighted by molar-refractivity contribution is 9.11. The number of fused-ring (bicyclic) bond motifs is 1. The van der Waals surface area contributed by atoms with Gasteiger partial charge in [-0.15, -0.1) is 0 Å².